The monoisotopic (exact) mass is 216 g/mol. The van der Waals surface area contributed by atoms with Crippen LogP contribution < -0.4 is 0 Å². The van der Waals surface area contributed by atoms with Gasteiger partial charge < -0.3 is 0 Å². The zero-order valence-electron chi connectivity index (χ0n) is 5.73. The molecule has 0 heterocycles. The van der Waals surface area contributed by atoms with Crippen LogP contribution in [0.4, 0.5) is 13.2 Å². The third kappa shape index (κ3) is 2.91. The van der Waals surface area contributed by atoms with Crippen LogP contribution in [0.3, 0.4) is 0 Å². The van der Waals surface area contributed by atoms with Crippen LogP contribution in [0.5, 0.6) is 0 Å². The third-order valence-corrected chi connectivity index (χ3v) is 1.39. The summed E-state index contributed by atoms with van der Waals surface area (Å²) in [4.78, 5) is 0. The van der Waals surface area contributed by atoms with E-state index in [2.05, 4.69) is 0 Å². The number of rotatable bonds is 0. The van der Waals surface area contributed by atoms with Crippen LogP contribution in [0.25, 0.3) is 0 Å². The van der Waals surface area contributed by atoms with Gasteiger partial charge in [-0.2, -0.15) is 13.2 Å². The minimum absolute atomic E-state index is 0. The summed E-state index contributed by atoms with van der Waals surface area (Å²) in [5, 5.41) is 0.0971. The van der Waals surface area contributed by atoms with Crippen LogP contribution >= 0.6 is 24.0 Å². The Hall–Kier alpha value is -0.410. The summed E-state index contributed by atoms with van der Waals surface area (Å²) in [6.07, 6.45) is -4.30. The van der Waals surface area contributed by atoms with Gasteiger partial charge in [0.15, 0.2) is 0 Å². The predicted octanol–water partition coefficient (Wildman–Crippen LogP) is 3.78. The first-order chi connectivity index (χ1) is 5.00. The van der Waals surface area contributed by atoms with Crippen molar-refractivity contribution in [3.05, 3.63) is 34.9 Å². The highest BCUT2D eigenvalue weighted by Gasteiger charge is 2.30. The molecule has 0 atom stereocenters. The zero-order valence-corrected chi connectivity index (χ0v) is 7.30. The fourth-order valence-corrected chi connectivity index (χ4v) is 0.855. The topological polar surface area (TPSA) is 0 Å². The molecule has 1 rings (SSSR count). The highest BCUT2D eigenvalue weighted by molar-refractivity contribution is 6.30. The molecule has 1 aromatic carbocycles. The molecule has 1 aromatic rings. The van der Waals surface area contributed by atoms with Crippen molar-refractivity contribution in [2.24, 2.45) is 0 Å². The maximum Gasteiger partial charge on any atom is 0.416 e. The smallest absolute Gasteiger partial charge is 0.166 e. The largest absolute Gasteiger partial charge is 0.416 e. The van der Waals surface area contributed by atoms with Gasteiger partial charge in [0, 0.05) is 5.02 Å². The SMILES string of the molecule is Cl.FC(F)(F)c1cccc(Cl)c1. The van der Waals surface area contributed by atoms with Crippen LogP contribution in [-0.2, 0) is 6.18 Å². The third-order valence-electron chi connectivity index (χ3n) is 1.15. The van der Waals surface area contributed by atoms with Crippen LogP contribution in [0.2, 0.25) is 5.02 Å². The summed E-state index contributed by atoms with van der Waals surface area (Å²) in [6, 6.07) is 4.54. The summed E-state index contributed by atoms with van der Waals surface area (Å²) in [7, 11) is 0. The number of hydrogen-bond donors (Lipinski definition) is 0. The van der Waals surface area contributed by atoms with Crippen molar-refractivity contribution in [1.82, 2.24) is 0 Å². The standard InChI is InChI=1S/C7H4ClF3.ClH/c8-6-3-1-2-5(4-6)7(9,10)11;/h1-4H;1H. The molecule has 0 amide bonds. The Morgan fingerprint density at radius 1 is 1.17 bits per heavy atom. The molecular weight excluding hydrogens is 212 g/mol. The summed E-state index contributed by atoms with van der Waals surface area (Å²) in [5.41, 5.74) is -0.718. The van der Waals surface area contributed by atoms with Gasteiger partial charge in [0.2, 0.25) is 0 Å². The average Bonchev–Trinajstić information content (AvgIpc) is 1.86. The maximum atomic E-state index is 11.9. The van der Waals surface area contributed by atoms with Gasteiger partial charge in [-0.25, -0.2) is 0 Å². The lowest BCUT2D eigenvalue weighted by Crippen LogP contribution is -2.03. The molecule has 0 nitrogen and oxygen atoms in total. The molecule has 0 fully saturated rings. The number of hydrogen-bond acceptors (Lipinski definition) is 0. The van der Waals surface area contributed by atoms with Gasteiger partial charge in [-0.3, -0.25) is 0 Å². The lowest BCUT2D eigenvalue weighted by Gasteiger charge is -2.05. The molecule has 68 valence electrons. The molecule has 0 spiro atoms. The van der Waals surface area contributed by atoms with E-state index in [0.717, 1.165) is 12.1 Å². The Morgan fingerprint density at radius 3 is 2.08 bits per heavy atom. The maximum absolute atomic E-state index is 11.9. The van der Waals surface area contributed by atoms with Crippen molar-refractivity contribution >= 4 is 24.0 Å². The van der Waals surface area contributed by atoms with E-state index in [4.69, 9.17) is 11.6 Å². The first-order valence-corrected chi connectivity index (χ1v) is 3.21. The van der Waals surface area contributed by atoms with Crippen molar-refractivity contribution in [3.63, 3.8) is 0 Å². The second-order valence-electron chi connectivity index (χ2n) is 2.01. The van der Waals surface area contributed by atoms with E-state index in [-0.39, 0.29) is 17.4 Å². The van der Waals surface area contributed by atoms with Crippen LogP contribution in [0.1, 0.15) is 5.56 Å². The van der Waals surface area contributed by atoms with Gasteiger partial charge in [-0.1, -0.05) is 17.7 Å². The lowest BCUT2D eigenvalue weighted by atomic mass is 10.2. The van der Waals surface area contributed by atoms with Crippen molar-refractivity contribution in [3.8, 4) is 0 Å². The summed E-state index contributed by atoms with van der Waals surface area (Å²) in [5.74, 6) is 0. The molecule has 0 aliphatic rings. The fourth-order valence-electron chi connectivity index (χ4n) is 0.665. The Labute approximate surface area is 78.7 Å². The normalized spacial score (nSPS) is 10.7. The molecule has 12 heavy (non-hydrogen) atoms. The second kappa shape index (κ2) is 4.01. The van der Waals surface area contributed by atoms with Gasteiger partial charge in [0.05, 0.1) is 5.56 Å². The predicted molar refractivity (Wildman–Crippen MR) is 43.7 cm³/mol. The quantitative estimate of drug-likeness (QED) is 0.620. The highest BCUT2D eigenvalue weighted by Crippen LogP contribution is 2.30. The molecule has 0 aliphatic carbocycles. The first-order valence-electron chi connectivity index (χ1n) is 2.83. The van der Waals surface area contributed by atoms with Gasteiger partial charge in [0.1, 0.15) is 0 Å². The summed E-state index contributed by atoms with van der Waals surface area (Å²) in [6.45, 7) is 0. The zero-order chi connectivity index (χ0) is 8.48. The van der Waals surface area contributed by atoms with E-state index in [0.29, 0.717) is 0 Å². The molecule has 0 N–H and O–H groups in total. The van der Waals surface area contributed by atoms with Crippen LogP contribution in [0, 0.1) is 0 Å². The van der Waals surface area contributed by atoms with Crippen molar-refractivity contribution < 1.29 is 13.2 Å². The lowest BCUT2D eigenvalue weighted by molar-refractivity contribution is -0.137. The molecule has 0 radical (unpaired) electrons. The van der Waals surface area contributed by atoms with Gasteiger partial charge >= 0.3 is 6.18 Å². The van der Waals surface area contributed by atoms with E-state index < -0.39 is 11.7 Å². The van der Waals surface area contributed by atoms with E-state index in [1.165, 1.54) is 12.1 Å². The first kappa shape index (κ1) is 11.6. The minimum Gasteiger partial charge on any atom is -0.166 e. The Balaban J connectivity index is 0.00000121. The van der Waals surface area contributed by atoms with Gasteiger partial charge in [-0.15, -0.1) is 12.4 Å². The number of alkyl halides is 3. The average molecular weight is 217 g/mol. The number of halogens is 5. The Morgan fingerprint density at radius 2 is 1.75 bits per heavy atom. The minimum atomic E-state index is -4.30. The molecule has 0 unspecified atom stereocenters. The van der Waals surface area contributed by atoms with Crippen molar-refractivity contribution in [2.45, 2.75) is 6.18 Å². The molecular formula is C7H5Cl2F3. The van der Waals surface area contributed by atoms with Gasteiger partial charge in [-0.05, 0) is 18.2 Å². The molecule has 0 aromatic heterocycles. The van der Waals surface area contributed by atoms with Crippen molar-refractivity contribution in [2.75, 3.05) is 0 Å². The Bertz CT molecular complexity index is 257. The summed E-state index contributed by atoms with van der Waals surface area (Å²) >= 11 is 5.35. The van der Waals surface area contributed by atoms with E-state index in [1.54, 1.807) is 0 Å². The second-order valence-corrected chi connectivity index (χ2v) is 2.44. The fraction of sp³-hybridized carbons (Fsp3) is 0.143. The van der Waals surface area contributed by atoms with Crippen molar-refractivity contribution in [1.29, 1.82) is 0 Å². The summed E-state index contributed by atoms with van der Waals surface area (Å²) < 4.78 is 35.7. The van der Waals surface area contributed by atoms with Crippen LogP contribution in [0.15, 0.2) is 24.3 Å². The molecule has 0 saturated carbocycles. The molecule has 5 heteroatoms. The van der Waals surface area contributed by atoms with Crippen LogP contribution in [-0.4, -0.2) is 0 Å². The Kier molecular flexibility index (Phi) is 3.87. The molecule has 0 aliphatic heterocycles. The molecule has 0 saturated heterocycles. The van der Waals surface area contributed by atoms with E-state index in [1.807, 2.05) is 0 Å². The van der Waals surface area contributed by atoms with Gasteiger partial charge in [0.25, 0.3) is 0 Å². The highest BCUT2D eigenvalue weighted by atomic mass is 35.5. The molecule has 0 bridgehead atoms. The number of benzene rings is 1. The van der Waals surface area contributed by atoms with E-state index >= 15 is 0 Å². The van der Waals surface area contributed by atoms with E-state index in [9.17, 15) is 13.2 Å².